The number of hydrogen-bond donors (Lipinski definition) is 1. The van der Waals surface area contributed by atoms with E-state index < -0.39 is 0 Å². The van der Waals surface area contributed by atoms with Crippen molar-refractivity contribution in [2.24, 2.45) is 0 Å². The van der Waals surface area contributed by atoms with Gasteiger partial charge in [-0.25, -0.2) is 9.97 Å². The molecule has 0 spiro atoms. The monoisotopic (exact) mass is 336 g/mol. The molecule has 1 unspecified atom stereocenters. The molecule has 0 bridgehead atoms. The molecule has 0 radical (unpaired) electrons. The molecule has 1 aromatic carbocycles. The lowest BCUT2D eigenvalue weighted by molar-refractivity contribution is 0.157. The average molecular weight is 336 g/mol. The zero-order chi connectivity index (χ0) is 17.2. The van der Waals surface area contributed by atoms with E-state index in [-0.39, 0.29) is 6.04 Å². The van der Waals surface area contributed by atoms with Crippen molar-refractivity contribution in [2.75, 3.05) is 20.2 Å². The van der Waals surface area contributed by atoms with Gasteiger partial charge in [0.05, 0.1) is 13.2 Å². The molecule has 0 aliphatic carbocycles. The largest absolute Gasteiger partial charge is 0.497 e. The molecule has 130 valence electrons. The lowest BCUT2D eigenvalue weighted by atomic mass is 9.88. The highest BCUT2D eigenvalue weighted by molar-refractivity contribution is 5.85. The number of aromatic nitrogens is 3. The van der Waals surface area contributed by atoms with Crippen LogP contribution in [0.3, 0.4) is 0 Å². The smallest absolute Gasteiger partial charge is 0.145 e. The SMILES string of the molecule is COc1ccc2[nH]cc(C3CCN(C(C)c4ncccn4)CC3)c2c1. The lowest BCUT2D eigenvalue weighted by Crippen LogP contribution is -2.35. The predicted octanol–water partition coefficient (Wildman–Crippen LogP) is 3.91. The van der Waals surface area contributed by atoms with E-state index in [2.05, 4.69) is 45.1 Å². The fourth-order valence-corrected chi connectivity index (χ4v) is 3.87. The third kappa shape index (κ3) is 3.12. The van der Waals surface area contributed by atoms with Crippen LogP contribution in [0.25, 0.3) is 10.9 Å². The maximum absolute atomic E-state index is 5.40. The van der Waals surface area contributed by atoms with Gasteiger partial charge in [-0.05, 0) is 68.6 Å². The van der Waals surface area contributed by atoms with Gasteiger partial charge in [0.25, 0.3) is 0 Å². The molecule has 3 aromatic rings. The molecule has 5 heteroatoms. The highest BCUT2D eigenvalue weighted by Crippen LogP contribution is 2.36. The van der Waals surface area contributed by atoms with Gasteiger partial charge in [0.1, 0.15) is 11.6 Å². The van der Waals surface area contributed by atoms with E-state index in [1.807, 2.05) is 24.5 Å². The van der Waals surface area contributed by atoms with Gasteiger partial charge in [-0.2, -0.15) is 0 Å². The molecule has 25 heavy (non-hydrogen) atoms. The lowest BCUT2D eigenvalue weighted by Gasteiger charge is -2.35. The van der Waals surface area contributed by atoms with E-state index in [1.165, 1.54) is 16.5 Å². The zero-order valence-electron chi connectivity index (χ0n) is 14.8. The van der Waals surface area contributed by atoms with Crippen molar-refractivity contribution in [2.45, 2.75) is 31.7 Å². The zero-order valence-corrected chi connectivity index (χ0v) is 14.8. The minimum Gasteiger partial charge on any atom is -0.497 e. The molecule has 1 atom stereocenters. The van der Waals surface area contributed by atoms with Crippen molar-refractivity contribution in [3.8, 4) is 5.75 Å². The molecule has 1 aliphatic heterocycles. The molecule has 5 nitrogen and oxygen atoms in total. The summed E-state index contributed by atoms with van der Waals surface area (Å²) in [5, 5.41) is 1.29. The Balaban J connectivity index is 1.49. The highest BCUT2D eigenvalue weighted by Gasteiger charge is 2.27. The first kappa shape index (κ1) is 16.1. The molecule has 4 rings (SSSR count). The average Bonchev–Trinajstić information content (AvgIpc) is 3.11. The van der Waals surface area contributed by atoms with Crippen LogP contribution in [0.5, 0.6) is 5.75 Å². The number of likely N-dealkylation sites (tertiary alicyclic amines) is 1. The molecule has 2 aromatic heterocycles. The summed E-state index contributed by atoms with van der Waals surface area (Å²) in [7, 11) is 1.72. The van der Waals surface area contributed by atoms with E-state index in [9.17, 15) is 0 Å². The Labute approximate surface area is 148 Å². The van der Waals surface area contributed by atoms with E-state index >= 15 is 0 Å². The number of piperidine rings is 1. The van der Waals surface area contributed by atoms with E-state index in [4.69, 9.17) is 4.74 Å². The molecule has 0 amide bonds. The number of methoxy groups -OCH3 is 1. The van der Waals surface area contributed by atoms with Crippen molar-refractivity contribution >= 4 is 10.9 Å². The second kappa shape index (κ2) is 6.84. The predicted molar refractivity (Wildman–Crippen MR) is 98.8 cm³/mol. The highest BCUT2D eigenvalue weighted by atomic mass is 16.5. The maximum Gasteiger partial charge on any atom is 0.145 e. The van der Waals surface area contributed by atoms with Crippen LogP contribution in [0.15, 0.2) is 42.9 Å². The van der Waals surface area contributed by atoms with Crippen molar-refractivity contribution in [3.63, 3.8) is 0 Å². The van der Waals surface area contributed by atoms with Gasteiger partial charge >= 0.3 is 0 Å². The Morgan fingerprint density at radius 3 is 2.68 bits per heavy atom. The number of benzene rings is 1. The van der Waals surface area contributed by atoms with E-state index in [1.54, 1.807) is 7.11 Å². The summed E-state index contributed by atoms with van der Waals surface area (Å²) in [4.78, 5) is 14.7. The van der Waals surface area contributed by atoms with Gasteiger partial charge in [-0.1, -0.05) is 0 Å². The molecule has 0 saturated carbocycles. The maximum atomic E-state index is 5.40. The molecule has 1 aliphatic rings. The van der Waals surface area contributed by atoms with Crippen molar-refractivity contribution in [1.29, 1.82) is 0 Å². The minimum atomic E-state index is 0.269. The van der Waals surface area contributed by atoms with Gasteiger partial charge < -0.3 is 9.72 Å². The fraction of sp³-hybridized carbons (Fsp3) is 0.400. The summed E-state index contributed by atoms with van der Waals surface area (Å²) in [6, 6.07) is 8.39. The number of ether oxygens (including phenoxy) is 1. The molecule has 1 fully saturated rings. The third-order valence-corrected chi connectivity index (χ3v) is 5.40. The van der Waals surface area contributed by atoms with Crippen molar-refractivity contribution < 1.29 is 4.74 Å². The Hall–Kier alpha value is -2.40. The Morgan fingerprint density at radius 2 is 1.96 bits per heavy atom. The number of H-pyrrole nitrogens is 1. The first-order valence-corrected chi connectivity index (χ1v) is 8.92. The quantitative estimate of drug-likeness (QED) is 0.785. The van der Waals surface area contributed by atoms with Crippen LogP contribution in [-0.4, -0.2) is 40.1 Å². The first-order valence-electron chi connectivity index (χ1n) is 8.92. The Bertz CT molecular complexity index is 837. The van der Waals surface area contributed by atoms with Gasteiger partial charge in [0, 0.05) is 29.5 Å². The second-order valence-corrected chi connectivity index (χ2v) is 6.75. The van der Waals surface area contributed by atoms with Crippen LogP contribution in [0.2, 0.25) is 0 Å². The van der Waals surface area contributed by atoms with Gasteiger partial charge in [-0.3, -0.25) is 4.90 Å². The Morgan fingerprint density at radius 1 is 1.20 bits per heavy atom. The molecular weight excluding hydrogens is 312 g/mol. The number of nitrogens with one attached hydrogen (secondary N) is 1. The van der Waals surface area contributed by atoms with Crippen molar-refractivity contribution in [1.82, 2.24) is 19.9 Å². The molecule has 1 N–H and O–H groups in total. The first-order chi connectivity index (χ1) is 12.3. The van der Waals surface area contributed by atoms with Gasteiger partial charge in [-0.15, -0.1) is 0 Å². The number of rotatable bonds is 4. The number of hydrogen-bond acceptors (Lipinski definition) is 4. The van der Waals surface area contributed by atoms with E-state index in [0.29, 0.717) is 5.92 Å². The Kier molecular flexibility index (Phi) is 4.40. The summed E-state index contributed by atoms with van der Waals surface area (Å²) >= 11 is 0. The van der Waals surface area contributed by atoms with Crippen LogP contribution in [-0.2, 0) is 0 Å². The van der Waals surface area contributed by atoms with Crippen LogP contribution >= 0.6 is 0 Å². The summed E-state index contributed by atoms with van der Waals surface area (Å²) in [6.45, 7) is 4.34. The van der Waals surface area contributed by atoms with Crippen LogP contribution in [0, 0.1) is 0 Å². The molecule has 3 heterocycles. The number of nitrogens with zero attached hydrogens (tertiary/aromatic N) is 3. The second-order valence-electron chi connectivity index (χ2n) is 6.75. The fourth-order valence-electron chi connectivity index (χ4n) is 3.87. The van der Waals surface area contributed by atoms with Crippen LogP contribution in [0.1, 0.15) is 43.1 Å². The molecular formula is C20H24N4O. The number of aromatic amines is 1. The summed E-state index contributed by atoms with van der Waals surface area (Å²) in [5.41, 5.74) is 2.60. The van der Waals surface area contributed by atoms with Crippen LogP contribution < -0.4 is 4.74 Å². The van der Waals surface area contributed by atoms with Gasteiger partial charge in [0.2, 0.25) is 0 Å². The summed E-state index contributed by atoms with van der Waals surface area (Å²) in [5.74, 6) is 2.42. The van der Waals surface area contributed by atoms with E-state index in [0.717, 1.165) is 37.5 Å². The normalized spacial score (nSPS) is 17.7. The number of fused-ring (bicyclic) bond motifs is 1. The topological polar surface area (TPSA) is 54.0 Å². The third-order valence-electron chi connectivity index (χ3n) is 5.40. The van der Waals surface area contributed by atoms with Crippen molar-refractivity contribution in [3.05, 3.63) is 54.2 Å². The standard InChI is InChI=1S/C20H24N4O/c1-14(20-21-8-3-9-22-20)24-10-6-15(7-11-24)18-13-23-19-5-4-16(25-2)12-17(18)19/h3-5,8-9,12-15,23H,6-7,10-11H2,1-2H3. The van der Waals surface area contributed by atoms with Gasteiger partial charge in [0.15, 0.2) is 0 Å². The summed E-state index contributed by atoms with van der Waals surface area (Å²) in [6.07, 6.45) is 8.13. The minimum absolute atomic E-state index is 0.269. The summed E-state index contributed by atoms with van der Waals surface area (Å²) < 4.78 is 5.40. The van der Waals surface area contributed by atoms with Crippen LogP contribution in [0.4, 0.5) is 0 Å². The molecule has 1 saturated heterocycles.